The van der Waals surface area contributed by atoms with Gasteiger partial charge in [-0.25, -0.2) is 4.98 Å². The van der Waals surface area contributed by atoms with E-state index in [0.29, 0.717) is 0 Å². The summed E-state index contributed by atoms with van der Waals surface area (Å²) < 4.78 is 0. The fourth-order valence-corrected chi connectivity index (χ4v) is 1.64. The maximum atomic E-state index is 5.11. The molecule has 0 aliphatic rings. The summed E-state index contributed by atoms with van der Waals surface area (Å²) in [6.45, 7) is 3.90. The molecule has 2 aromatic rings. The Morgan fingerprint density at radius 1 is 1.41 bits per heavy atom. The van der Waals surface area contributed by atoms with E-state index in [1.54, 1.807) is 6.21 Å². The van der Waals surface area contributed by atoms with Crippen LogP contribution < -0.4 is 11.2 Å². The van der Waals surface area contributed by atoms with Gasteiger partial charge in [-0.05, 0) is 28.7 Å². The fraction of sp³-hybridized carbons (Fsp3) is 0.0769. The van der Waals surface area contributed by atoms with Gasteiger partial charge in [0.1, 0.15) is 5.82 Å². The maximum absolute atomic E-state index is 5.11. The van der Waals surface area contributed by atoms with E-state index in [0.717, 1.165) is 27.7 Å². The molecule has 0 aliphatic carbocycles. The van der Waals surface area contributed by atoms with E-state index >= 15 is 0 Å². The van der Waals surface area contributed by atoms with Crippen molar-refractivity contribution in [2.24, 2.45) is 10.9 Å². The minimum absolute atomic E-state index is 0.789. The van der Waals surface area contributed by atoms with Gasteiger partial charge in [0.05, 0.1) is 6.21 Å². The average molecular weight is 226 g/mol. The van der Waals surface area contributed by atoms with Gasteiger partial charge in [-0.15, -0.1) is 0 Å². The van der Waals surface area contributed by atoms with Crippen LogP contribution in [0.15, 0.2) is 42.1 Å². The number of nitrogens with one attached hydrogen (secondary N) is 1. The minimum Gasteiger partial charge on any atom is -0.373 e. The largest absolute Gasteiger partial charge is 0.373 e. The summed E-state index contributed by atoms with van der Waals surface area (Å²) in [4.78, 5) is 4.26. The SMILES string of the molecule is C=C(/C=N\N)c1ccc2cnc(NC)cc2c1. The van der Waals surface area contributed by atoms with Gasteiger partial charge in [-0.3, -0.25) is 0 Å². The Bertz CT molecular complexity index is 587. The summed E-state index contributed by atoms with van der Waals surface area (Å²) in [6, 6.07) is 8.02. The number of rotatable bonds is 3. The quantitative estimate of drug-likeness (QED) is 0.479. The van der Waals surface area contributed by atoms with Gasteiger partial charge in [0.15, 0.2) is 0 Å². The molecule has 0 atom stereocenters. The van der Waals surface area contributed by atoms with Gasteiger partial charge in [0, 0.05) is 18.6 Å². The van der Waals surface area contributed by atoms with Crippen LogP contribution in [0, 0.1) is 0 Å². The van der Waals surface area contributed by atoms with Crippen LogP contribution in [0.5, 0.6) is 0 Å². The zero-order valence-corrected chi connectivity index (χ0v) is 9.64. The number of allylic oxidation sites excluding steroid dienone is 1. The topological polar surface area (TPSA) is 63.3 Å². The number of nitrogens with two attached hydrogens (primary N) is 1. The van der Waals surface area contributed by atoms with Gasteiger partial charge in [-0.2, -0.15) is 5.10 Å². The number of nitrogens with zero attached hydrogens (tertiary/aromatic N) is 2. The molecular formula is C13H14N4. The maximum Gasteiger partial charge on any atom is 0.126 e. The van der Waals surface area contributed by atoms with Crippen LogP contribution in [0.4, 0.5) is 5.82 Å². The van der Waals surface area contributed by atoms with Crippen LogP contribution >= 0.6 is 0 Å². The highest BCUT2D eigenvalue weighted by Gasteiger charge is 2.00. The van der Waals surface area contributed by atoms with Gasteiger partial charge in [-0.1, -0.05) is 18.7 Å². The second-order valence-electron chi connectivity index (χ2n) is 3.68. The third kappa shape index (κ3) is 2.25. The molecule has 0 bridgehead atoms. The Morgan fingerprint density at radius 2 is 2.24 bits per heavy atom. The lowest BCUT2D eigenvalue weighted by molar-refractivity contribution is 1.27. The van der Waals surface area contributed by atoms with E-state index in [1.807, 2.05) is 37.5 Å². The Labute approximate surface area is 99.9 Å². The van der Waals surface area contributed by atoms with E-state index in [1.165, 1.54) is 0 Å². The Kier molecular flexibility index (Phi) is 3.05. The van der Waals surface area contributed by atoms with Crippen LogP contribution in [0.25, 0.3) is 16.3 Å². The van der Waals surface area contributed by atoms with Crippen molar-refractivity contribution < 1.29 is 0 Å². The minimum atomic E-state index is 0.789. The Hall–Kier alpha value is -2.36. The Balaban J connectivity index is 2.51. The molecule has 0 unspecified atom stereocenters. The van der Waals surface area contributed by atoms with Crippen molar-refractivity contribution in [2.75, 3.05) is 12.4 Å². The third-order valence-electron chi connectivity index (χ3n) is 2.58. The molecule has 1 aromatic carbocycles. The van der Waals surface area contributed by atoms with Gasteiger partial charge in [0.2, 0.25) is 0 Å². The van der Waals surface area contributed by atoms with E-state index in [4.69, 9.17) is 5.84 Å². The first-order valence-corrected chi connectivity index (χ1v) is 5.24. The number of hydrazone groups is 1. The summed E-state index contributed by atoms with van der Waals surface area (Å²) in [5.41, 5.74) is 1.79. The van der Waals surface area contributed by atoms with Crippen molar-refractivity contribution in [1.29, 1.82) is 0 Å². The van der Waals surface area contributed by atoms with Crippen LogP contribution in [-0.4, -0.2) is 18.2 Å². The zero-order chi connectivity index (χ0) is 12.3. The molecule has 86 valence electrons. The Morgan fingerprint density at radius 3 is 2.94 bits per heavy atom. The molecule has 0 saturated carbocycles. The second kappa shape index (κ2) is 4.65. The summed E-state index contributed by atoms with van der Waals surface area (Å²) in [5.74, 6) is 5.95. The molecule has 17 heavy (non-hydrogen) atoms. The van der Waals surface area contributed by atoms with Crippen molar-refractivity contribution in [1.82, 2.24) is 4.98 Å². The molecule has 1 heterocycles. The molecule has 2 rings (SSSR count). The number of aromatic nitrogens is 1. The van der Waals surface area contributed by atoms with Gasteiger partial charge in [0.25, 0.3) is 0 Å². The van der Waals surface area contributed by atoms with Crippen LogP contribution in [0.2, 0.25) is 0 Å². The monoisotopic (exact) mass is 226 g/mol. The van der Waals surface area contributed by atoms with Gasteiger partial charge >= 0.3 is 0 Å². The lowest BCUT2D eigenvalue weighted by Crippen LogP contribution is -1.92. The predicted molar refractivity (Wildman–Crippen MR) is 73.0 cm³/mol. The standard InChI is InChI=1S/C13H14N4/c1-9(7-17-14)10-3-4-11-8-16-13(15-2)6-12(11)5-10/h3-8H,1,14H2,2H3,(H,15,16)/b17-7-. The van der Waals surface area contributed by atoms with Crippen molar-refractivity contribution in [3.05, 3.63) is 42.6 Å². The van der Waals surface area contributed by atoms with Crippen molar-refractivity contribution >= 4 is 28.4 Å². The number of fused-ring (bicyclic) bond motifs is 1. The molecule has 0 aliphatic heterocycles. The molecule has 4 heteroatoms. The molecule has 0 amide bonds. The number of pyridine rings is 1. The molecule has 4 nitrogen and oxygen atoms in total. The van der Waals surface area contributed by atoms with Crippen LogP contribution in [0.1, 0.15) is 5.56 Å². The molecule has 3 N–H and O–H groups in total. The van der Waals surface area contributed by atoms with E-state index in [-0.39, 0.29) is 0 Å². The molecular weight excluding hydrogens is 212 g/mol. The second-order valence-corrected chi connectivity index (χ2v) is 3.68. The summed E-state index contributed by atoms with van der Waals surface area (Å²) in [6.07, 6.45) is 3.38. The van der Waals surface area contributed by atoms with Gasteiger partial charge < -0.3 is 11.2 Å². The summed E-state index contributed by atoms with van der Waals surface area (Å²) >= 11 is 0. The lowest BCUT2D eigenvalue weighted by Gasteiger charge is -2.05. The predicted octanol–water partition coefficient (Wildman–Crippen LogP) is 2.23. The fourth-order valence-electron chi connectivity index (χ4n) is 1.64. The first-order valence-electron chi connectivity index (χ1n) is 5.24. The van der Waals surface area contributed by atoms with E-state index in [2.05, 4.69) is 22.0 Å². The normalized spacial score (nSPS) is 10.9. The summed E-state index contributed by atoms with van der Waals surface area (Å²) in [5, 5.41) is 8.68. The van der Waals surface area contributed by atoms with Crippen molar-refractivity contribution in [3.63, 3.8) is 0 Å². The summed E-state index contributed by atoms with van der Waals surface area (Å²) in [7, 11) is 1.85. The van der Waals surface area contributed by atoms with Crippen molar-refractivity contribution in [2.45, 2.75) is 0 Å². The third-order valence-corrected chi connectivity index (χ3v) is 2.58. The lowest BCUT2D eigenvalue weighted by atomic mass is 10.0. The molecule has 0 radical (unpaired) electrons. The first-order chi connectivity index (χ1) is 8.24. The number of hydrogen-bond donors (Lipinski definition) is 2. The molecule has 1 aromatic heterocycles. The highest BCUT2D eigenvalue weighted by molar-refractivity contribution is 6.09. The molecule has 0 saturated heterocycles. The number of hydrogen-bond acceptors (Lipinski definition) is 4. The number of anilines is 1. The van der Waals surface area contributed by atoms with Crippen molar-refractivity contribution in [3.8, 4) is 0 Å². The van der Waals surface area contributed by atoms with E-state index in [9.17, 15) is 0 Å². The molecule has 0 spiro atoms. The molecule has 0 fully saturated rings. The van der Waals surface area contributed by atoms with E-state index < -0.39 is 0 Å². The average Bonchev–Trinajstić information content (AvgIpc) is 2.37. The smallest absolute Gasteiger partial charge is 0.126 e. The highest BCUT2D eigenvalue weighted by Crippen LogP contribution is 2.21. The van der Waals surface area contributed by atoms with Crippen LogP contribution in [-0.2, 0) is 0 Å². The highest BCUT2D eigenvalue weighted by atomic mass is 15.1. The van der Waals surface area contributed by atoms with Crippen LogP contribution in [0.3, 0.4) is 0 Å². The first kappa shape index (κ1) is 11.1. The zero-order valence-electron chi connectivity index (χ0n) is 9.64. The number of benzene rings is 1.